The van der Waals surface area contributed by atoms with Crippen LogP contribution in [0.4, 0.5) is 0 Å². The molecule has 4 rings (SSSR count). The summed E-state index contributed by atoms with van der Waals surface area (Å²) in [6, 6.07) is 11.6. The molecule has 1 amide bonds. The summed E-state index contributed by atoms with van der Waals surface area (Å²) >= 11 is 0. The standard InChI is InChI=1S/C18H24N2O/c1-13-16-9-17(20(13)18(21)15-7-8-15)12-19(11-16)10-14-5-3-2-4-6-14/h2-6,13,15-17H,7-12H2,1H3/t13-,16-,17+/m0/s1. The number of hydrogen-bond donors (Lipinski definition) is 0. The lowest BCUT2D eigenvalue weighted by Gasteiger charge is -2.32. The van der Waals surface area contributed by atoms with E-state index in [4.69, 9.17) is 0 Å². The van der Waals surface area contributed by atoms with E-state index in [9.17, 15) is 4.79 Å². The fourth-order valence-electron chi connectivity index (χ4n) is 4.21. The quantitative estimate of drug-likeness (QED) is 0.851. The van der Waals surface area contributed by atoms with Gasteiger partial charge in [-0.15, -0.1) is 0 Å². The molecule has 0 spiro atoms. The summed E-state index contributed by atoms with van der Waals surface area (Å²) in [5, 5.41) is 0. The molecule has 3 nitrogen and oxygen atoms in total. The van der Waals surface area contributed by atoms with Crippen LogP contribution in [0.15, 0.2) is 30.3 Å². The first-order valence-electron chi connectivity index (χ1n) is 8.31. The fourth-order valence-corrected chi connectivity index (χ4v) is 4.21. The van der Waals surface area contributed by atoms with Crippen molar-refractivity contribution in [3.05, 3.63) is 35.9 Å². The first-order valence-corrected chi connectivity index (χ1v) is 8.31. The third-order valence-electron chi connectivity index (χ3n) is 5.48. The molecule has 2 saturated heterocycles. The number of amides is 1. The average molecular weight is 284 g/mol. The van der Waals surface area contributed by atoms with E-state index >= 15 is 0 Å². The van der Waals surface area contributed by atoms with E-state index in [1.54, 1.807) is 0 Å². The van der Waals surface area contributed by atoms with E-state index < -0.39 is 0 Å². The number of rotatable bonds is 3. The van der Waals surface area contributed by atoms with Crippen molar-refractivity contribution in [3.8, 4) is 0 Å². The van der Waals surface area contributed by atoms with Gasteiger partial charge in [-0.05, 0) is 37.7 Å². The van der Waals surface area contributed by atoms with Gasteiger partial charge in [-0.3, -0.25) is 9.69 Å². The minimum atomic E-state index is 0.356. The minimum absolute atomic E-state index is 0.356. The van der Waals surface area contributed by atoms with Gasteiger partial charge in [0, 0.05) is 37.6 Å². The zero-order valence-electron chi connectivity index (χ0n) is 12.7. The second-order valence-corrected chi connectivity index (χ2v) is 7.09. The molecule has 21 heavy (non-hydrogen) atoms. The van der Waals surface area contributed by atoms with Gasteiger partial charge in [0.1, 0.15) is 0 Å². The highest BCUT2D eigenvalue weighted by atomic mass is 16.2. The van der Waals surface area contributed by atoms with Gasteiger partial charge < -0.3 is 4.90 Å². The molecule has 1 saturated carbocycles. The highest BCUT2D eigenvalue weighted by Crippen LogP contribution is 2.40. The maximum atomic E-state index is 12.5. The molecule has 3 heteroatoms. The van der Waals surface area contributed by atoms with Crippen LogP contribution in [0.25, 0.3) is 0 Å². The van der Waals surface area contributed by atoms with Crippen LogP contribution >= 0.6 is 0 Å². The van der Waals surface area contributed by atoms with Crippen LogP contribution < -0.4 is 0 Å². The Morgan fingerprint density at radius 3 is 2.67 bits per heavy atom. The van der Waals surface area contributed by atoms with Gasteiger partial charge in [-0.2, -0.15) is 0 Å². The Labute approximate surface area is 126 Å². The Bertz CT molecular complexity index is 525. The zero-order valence-corrected chi connectivity index (χ0v) is 12.7. The molecule has 0 unspecified atom stereocenters. The highest BCUT2D eigenvalue weighted by Gasteiger charge is 2.48. The van der Waals surface area contributed by atoms with E-state index in [2.05, 4.69) is 47.1 Å². The van der Waals surface area contributed by atoms with E-state index in [1.165, 1.54) is 12.0 Å². The third-order valence-corrected chi connectivity index (χ3v) is 5.48. The van der Waals surface area contributed by atoms with Crippen LogP contribution in [0.2, 0.25) is 0 Å². The highest BCUT2D eigenvalue weighted by molar-refractivity contribution is 5.82. The molecule has 2 aliphatic heterocycles. The van der Waals surface area contributed by atoms with Crippen LogP contribution in [0.1, 0.15) is 31.7 Å². The van der Waals surface area contributed by atoms with E-state index in [0.29, 0.717) is 29.8 Å². The number of nitrogens with zero attached hydrogens (tertiary/aromatic N) is 2. The maximum Gasteiger partial charge on any atom is 0.226 e. The molecule has 112 valence electrons. The van der Waals surface area contributed by atoms with E-state index in [1.807, 2.05) is 0 Å². The Morgan fingerprint density at radius 2 is 1.95 bits per heavy atom. The number of benzene rings is 1. The predicted molar refractivity (Wildman–Crippen MR) is 82.6 cm³/mol. The molecule has 0 radical (unpaired) electrons. The Morgan fingerprint density at radius 1 is 1.19 bits per heavy atom. The minimum Gasteiger partial charge on any atom is -0.335 e. The second-order valence-electron chi connectivity index (χ2n) is 7.09. The summed E-state index contributed by atoms with van der Waals surface area (Å²) in [5.41, 5.74) is 1.38. The SMILES string of the molecule is C[C@H]1[C@H]2C[C@H](CN(Cc3ccccc3)C2)N1C(=O)C1CC1. The average Bonchev–Trinajstić information content (AvgIpc) is 3.29. The second kappa shape index (κ2) is 5.13. The van der Waals surface area contributed by atoms with Crippen molar-refractivity contribution in [2.24, 2.45) is 11.8 Å². The van der Waals surface area contributed by atoms with Gasteiger partial charge >= 0.3 is 0 Å². The van der Waals surface area contributed by atoms with Crippen LogP contribution in [-0.2, 0) is 11.3 Å². The van der Waals surface area contributed by atoms with Crippen molar-refractivity contribution in [2.75, 3.05) is 13.1 Å². The molecule has 1 aromatic rings. The van der Waals surface area contributed by atoms with Gasteiger partial charge in [0.2, 0.25) is 5.91 Å². The smallest absolute Gasteiger partial charge is 0.226 e. The van der Waals surface area contributed by atoms with Crippen molar-refractivity contribution in [1.29, 1.82) is 0 Å². The monoisotopic (exact) mass is 284 g/mol. The number of carbonyl (C=O) groups excluding carboxylic acids is 1. The molecule has 1 aliphatic carbocycles. The van der Waals surface area contributed by atoms with Crippen molar-refractivity contribution >= 4 is 5.91 Å². The van der Waals surface area contributed by atoms with Gasteiger partial charge in [0.25, 0.3) is 0 Å². The summed E-state index contributed by atoms with van der Waals surface area (Å²) in [6.07, 6.45) is 3.45. The molecule has 3 aliphatic rings. The van der Waals surface area contributed by atoms with Crippen LogP contribution in [0, 0.1) is 11.8 Å². The first kappa shape index (κ1) is 13.3. The lowest BCUT2D eigenvalue weighted by molar-refractivity contribution is -0.135. The van der Waals surface area contributed by atoms with E-state index in [0.717, 1.165) is 32.5 Å². The summed E-state index contributed by atoms with van der Waals surface area (Å²) in [7, 11) is 0. The summed E-state index contributed by atoms with van der Waals surface area (Å²) in [4.78, 5) is 17.3. The fraction of sp³-hybridized carbons (Fsp3) is 0.611. The van der Waals surface area contributed by atoms with Crippen molar-refractivity contribution in [2.45, 2.75) is 44.8 Å². The van der Waals surface area contributed by atoms with Gasteiger partial charge in [-0.25, -0.2) is 0 Å². The molecular formula is C18H24N2O. The number of piperidine rings is 1. The normalized spacial score (nSPS) is 32.4. The van der Waals surface area contributed by atoms with Crippen LogP contribution in [-0.4, -0.2) is 40.9 Å². The summed E-state index contributed by atoms with van der Waals surface area (Å²) in [6.45, 7) is 5.47. The summed E-state index contributed by atoms with van der Waals surface area (Å²) < 4.78 is 0. The van der Waals surface area contributed by atoms with Gasteiger partial charge in [0.05, 0.1) is 0 Å². The van der Waals surface area contributed by atoms with Crippen molar-refractivity contribution in [1.82, 2.24) is 9.80 Å². The Kier molecular flexibility index (Phi) is 3.26. The Hall–Kier alpha value is -1.35. The predicted octanol–water partition coefficient (Wildman–Crippen LogP) is 2.52. The largest absolute Gasteiger partial charge is 0.335 e. The molecule has 3 atom stereocenters. The molecule has 3 fully saturated rings. The summed E-state index contributed by atoms with van der Waals surface area (Å²) in [5.74, 6) is 1.46. The lowest BCUT2D eigenvalue weighted by atomic mass is 9.95. The Balaban J connectivity index is 1.47. The molecule has 0 aromatic heterocycles. The van der Waals surface area contributed by atoms with Crippen LogP contribution in [0.3, 0.4) is 0 Å². The van der Waals surface area contributed by atoms with Crippen molar-refractivity contribution in [3.63, 3.8) is 0 Å². The zero-order chi connectivity index (χ0) is 14.4. The molecule has 2 bridgehead atoms. The lowest BCUT2D eigenvalue weighted by Crippen LogP contribution is -2.45. The third kappa shape index (κ3) is 2.48. The molecular weight excluding hydrogens is 260 g/mol. The molecule has 0 N–H and O–H groups in total. The van der Waals surface area contributed by atoms with Crippen molar-refractivity contribution < 1.29 is 4.79 Å². The number of carbonyl (C=O) groups is 1. The van der Waals surface area contributed by atoms with E-state index in [-0.39, 0.29) is 0 Å². The number of likely N-dealkylation sites (tertiary alicyclic amines) is 2. The van der Waals surface area contributed by atoms with Crippen LogP contribution in [0.5, 0.6) is 0 Å². The maximum absolute atomic E-state index is 12.5. The number of fused-ring (bicyclic) bond motifs is 2. The molecule has 2 heterocycles. The topological polar surface area (TPSA) is 23.6 Å². The number of hydrogen-bond acceptors (Lipinski definition) is 2. The van der Waals surface area contributed by atoms with Gasteiger partial charge in [0.15, 0.2) is 0 Å². The molecule has 1 aromatic carbocycles. The first-order chi connectivity index (χ1) is 10.2. The van der Waals surface area contributed by atoms with Gasteiger partial charge in [-0.1, -0.05) is 30.3 Å².